The Hall–Kier alpha value is -2.42. The number of rotatable bonds is 7. The van der Waals surface area contributed by atoms with E-state index < -0.39 is 10.0 Å². The molecule has 168 valence electrons. The van der Waals surface area contributed by atoms with Gasteiger partial charge in [-0.1, -0.05) is 12.1 Å². The van der Waals surface area contributed by atoms with Gasteiger partial charge in [-0.3, -0.25) is 4.79 Å². The van der Waals surface area contributed by atoms with E-state index in [1.165, 1.54) is 10.4 Å². The number of carbonyl (C=O) groups is 1. The summed E-state index contributed by atoms with van der Waals surface area (Å²) in [4.78, 5) is 16.6. The van der Waals surface area contributed by atoms with E-state index in [0.717, 1.165) is 16.9 Å². The lowest BCUT2D eigenvalue weighted by atomic mass is 10.1. The molecule has 0 bridgehead atoms. The second-order valence-electron chi connectivity index (χ2n) is 8.13. The van der Waals surface area contributed by atoms with Crippen LogP contribution in [-0.2, 0) is 10.0 Å². The molecule has 1 heterocycles. The maximum Gasteiger partial charge on any atom is 0.253 e. The Labute approximate surface area is 185 Å². The molecular formula is C23H31N3O4S. The van der Waals surface area contributed by atoms with Crippen LogP contribution in [0, 0.1) is 13.8 Å². The molecule has 1 amide bonds. The zero-order valence-corrected chi connectivity index (χ0v) is 19.5. The third-order valence-electron chi connectivity index (χ3n) is 5.42. The van der Waals surface area contributed by atoms with Gasteiger partial charge in [0.15, 0.2) is 0 Å². The average Bonchev–Trinajstić information content (AvgIpc) is 2.73. The van der Waals surface area contributed by atoms with Gasteiger partial charge in [0.25, 0.3) is 5.91 Å². The lowest BCUT2D eigenvalue weighted by Crippen LogP contribution is -2.47. The first-order chi connectivity index (χ1) is 14.7. The minimum absolute atomic E-state index is 0.155. The molecule has 0 radical (unpaired) electrons. The minimum Gasteiger partial charge on any atom is -0.492 e. The van der Waals surface area contributed by atoms with Crippen LogP contribution in [0.1, 0.15) is 21.5 Å². The summed E-state index contributed by atoms with van der Waals surface area (Å²) in [5.41, 5.74) is 2.60. The zero-order valence-electron chi connectivity index (χ0n) is 18.7. The largest absolute Gasteiger partial charge is 0.492 e. The Bertz CT molecular complexity index is 1010. The first-order valence-corrected chi connectivity index (χ1v) is 11.9. The van der Waals surface area contributed by atoms with Gasteiger partial charge < -0.3 is 14.5 Å². The maximum absolute atomic E-state index is 13.0. The molecule has 0 saturated carbocycles. The van der Waals surface area contributed by atoms with Crippen LogP contribution in [0.25, 0.3) is 0 Å². The summed E-state index contributed by atoms with van der Waals surface area (Å²) in [5, 5.41) is 0. The quantitative estimate of drug-likeness (QED) is 0.655. The van der Waals surface area contributed by atoms with Crippen LogP contribution in [0.15, 0.2) is 47.4 Å². The fraction of sp³-hybridized carbons (Fsp3) is 0.435. The van der Waals surface area contributed by atoms with E-state index in [-0.39, 0.29) is 10.8 Å². The Kier molecular flexibility index (Phi) is 7.35. The molecule has 3 rings (SSSR count). The standard InChI is InChI=1S/C23H31N3O4S/c1-18-14-19(2)16-21(15-18)30-13-12-25(4)23(27)20-6-5-7-22(17-20)31(28,29)26-10-8-24(3)9-11-26/h5-7,14-17H,8-13H2,1-4H3. The van der Waals surface area contributed by atoms with Gasteiger partial charge in [-0.15, -0.1) is 0 Å². The predicted molar refractivity (Wildman–Crippen MR) is 121 cm³/mol. The summed E-state index contributed by atoms with van der Waals surface area (Å²) >= 11 is 0. The first kappa shape index (κ1) is 23.2. The number of benzene rings is 2. The summed E-state index contributed by atoms with van der Waals surface area (Å²) < 4.78 is 33.2. The summed E-state index contributed by atoms with van der Waals surface area (Å²) in [6.45, 7) is 7.06. The smallest absolute Gasteiger partial charge is 0.253 e. The molecular weight excluding hydrogens is 414 g/mol. The van der Waals surface area contributed by atoms with Crippen molar-refractivity contribution in [1.29, 1.82) is 0 Å². The third kappa shape index (κ3) is 5.84. The molecule has 0 spiro atoms. The van der Waals surface area contributed by atoms with Crippen LogP contribution in [0.3, 0.4) is 0 Å². The highest BCUT2D eigenvalue weighted by molar-refractivity contribution is 7.89. The van der Waals surface area contributed by atoms with E-state index in [4.69, 9.17) is 4.74 Å². The van der Waals surface area contributed by atoms with Crippen LogP contribution in [0.4, 0.5) is 0 Å². The first-order valence-electron chi connectivity index (χ1n) is 10.4. The molecule has 0 aliphatic carbocycles. The van der Waals surface area contributed by atoms with Crippen molar-refractivity contribution in [1.82, 2.24) is 14.1 Å². The van der Waals surface area contributed by atoms with Crippen LogP contribution in [-0.4, -0.2) is 81.9 Å². The van der Waals surface area contributed by atoms with Gasteiger partial charge in [0, 0.05) is 38.8 Å². The van der Waals surface area contributed by atoms with Gasteiger partial charge in [0.05, 0.1) is 11.4 Å². The SMILES string of the molecule is Cc1cc(C)cc(OCCN(C)C(=O)c2cccc(S(=O)(=O)N3CCN(C)CC3)c2)c1. The number of aryl methyl sites for hydroxylation is 2. The molecule has 1 aliphatic heterocycles. The van der Waals surface area contributed by atoms with E-state index >= 15 is 0 Å². The van der Waals surface area contributed by atoms with E-state index in [2.05, 4.69) is 11.0 Å². The van der Waals surface area contributed by atoms with Gasteiger partial charge >= 0.3 is 0 Å². The molecule has 0 aromatic heterocycles. The van der Waals surface area contributed by atoms with Crippen molar-refractivity contribution in [2.24, 2.45) is 0 Å². The number of piperazine rings is 1. The second kappa shape index (κ2) is 9.80. The highest BCUT2D eigenvalue weighted by Crippen LogP contribution is 2.20. The summed E-state index contributed by atoms with van der Waals surface area (Å²) in [6.07, 6.45) is 0. The molecule has 7 nitrogen and oxygen atoms in total. The molecule has 0 N–H and O–H groups in total. The van der Waals surface area contributed by atoms with Crippen molar-refractivity contribution in [2.45, 2.75) is 18.7 Å². The van der Waals surface area contributed by atoms with Gasteiger partial charge in [0.1, 0.15) is 12.4 Å². The van der Waals surface area contributed by atoms with Crippen LogP contribution >= 0.6 is 0 Å². The minimum atomic E-state index is -3.62. The Morgan fingerprint density at radius 2 is 1.68 bits per heavy atom. The Morgan fingerprint density at radius 3 is 2.32 bits per heavy atom. The van der Waals surface area contributed by atoms with Gasteiger partial charge in [-0.25, -0.2) is 8.42 Å². The van der Waals surface area contributed by atoms with E-state index in [9.17, 15) is 13.2 Å². The van der Waals surface area contributed by atoms with Gasteiger partial charge in [-0.2, -0.15) is 4.31 Å². The third-order valence-corrected chi connectivity index (χ3v) is 7.31. The number of amides is 1. The molecule has 2 aromatic rings. The molecule has 0 unspecified atom stereocenters. The highest BCUT2D eigenvalue weighted by Gasteiger charge is 2.28. The fourth-order valence-electron chi connectivity index (χ4n) is 3.61. The zero-order chi connectivity index (χ0) is 22.6. The van der Waals surface area contributed by atoms with Crippen molar-refractivity contribution < 1.29 is 17.9 Å². The summed E-state index contributed by atoms with van der Waals surface area (Å²) in [7, 11) is 0.0473. The molecule has 1 aliphatic rings. The van der Waals surface area contributed by atoms with Crippen molar-refractivity contribution >= 4 is 15.9 Å². The number of ether oxygens (including phenoxy) is 1. The summed E-state index contributed by atoms with van der Waals surface area (Å²) in [6, 6.07) is 12.3. The molecule has 8 heteroatoms. The Morgan fingerprint density at radius 1 is 1.03 bits per heavy atom. The molecule has 31 heavy (non-hydrogen) atoms. The number of sulfonamides is 1. The molecule has 1 saturated heterocycles. The van der Waals surface area contributed by atoms with Crippen LogP contribution in [0.5, 0.6) is 5.75 Å². The number of hydrogen-bond acceptors (Lipinski definition) is 5. The Balaban J connectivity index is 1.63. The van der Waals surface area contributed by atoms with Gasteiger partial charge in [0.2, 0.25) is 10.0 Å². The van der Waals surface area contributed by atoms with Crippen molar-refractivity contribution in [3.05, 3.63) is 59.2 Å². The van der Waals surface area contributed by atoms with E-state index in [1.54, 1.807) is 30.1 Å². The van der Waals surface area contributed by atoms with E-state index in [1.807, 2.05) is 33.0 Å². The molecule has 0 atom stereocenters. The van der Waals surface area contributed by atoms with Crippen molar-refractivity contribution in [2.75, 3.05) is 53.4 Å². The lowest BCUT2D eigenvalue weighted by Gasteiger charge is -2.31. The predicted octanol–water partition coefficient (Wildman–Crippen LogP) is 2.39. The maximum atomic E-state index is 13.0. The number of hydrogen-bond donors (Lipinski definition) is 0. The highest BCUT2D eigenvalue weighted by atomic mass is 32.2. The van der Waals surface area contributed by atoms with Gasteiger partial charge in [-0.05, 0) is 62.4 Å². The second-order valence-corrected chi connectivity index (χ2v) is 10.1. The number of carbonyl (C=O) groups excluding carboxylic acids is 1. The topological polar surface area (TPSA) is 70.2 Å². The number of nitrogens with zero attached hydrogens (tertiary/aromatic N) is 3. The van der Waals surface area contributed by atoms with Crippen molar-refractivity contribution in [3.63, 3.8) is 0 Å². The average molecular weight is 446 g/mol. The summed E-state index contributed by atoms with van der Waals surface area (Å²) in [5.74, 6) is 0.540. The monoisotopic (exact) mass is 445 g/mol. The normalized spacial score (nSPS) is 15.6. The van der Waals surface area contributed by atoms with Crippen LogP contribution < -0.4 is 4.74 Å². The molecule has 2 aromatic carbocycles. The fourth-order valence-corrected chi connectivity index (χ4v) is 5.07. The number of likely N-dealkylation sites (N-methyl/N-ethyl adjacent to an activating group) is 2. The van der Waals surface area contributed by atoms with E-state index in [0.29, 0.717) is 44.9 Å². The molecule has 1 fully saturated rings. The van der Waals surface area contributed by atoms with Crippen LogP contribution in [0.2, 0.25) is 0 Å². The van der Waals surface area contributed by atoms with Crippen molar-refractivity contribution in [3.8, 4) is 5.75 Å². The lowest BCUT2D eigenvalue weighted by molar-refractivity contribution is 0.0773.